The predicted octanol–water partition coefficient (Wildman–Crippen LogP) is 0.948. The molecule has 0 fully saturated rings. The van der Waals surface area contributed by atoms with E-state index in [1.165, 1.54) is 16.9 Å². The summed E-state index contributed by atoms with van der Waals surface area (Å²) in [7, 11) is -2.03. The fourth-order valence-corrected chi connectivity index (χ4v) is 3.95. The third-order valence-corrected chi connectivity index (χ3v) is 5.30. The van der Waals surface area contributed by atoms with E-state index in [2.05, 4.69) is 19.9 Å². The van der Waals surface area contributed by atoms with Crippen LogP contribution in [0.4, 0.5) is 0 Å². The molecule has 3 rings (SSSR count). The van der Waals surface area contributed by atoms with Gasteiger partial charge in [-0.1, -0.05) is 13.8 Å². The molecule has 0 bridgehead atoms. The summed E-state index contributed by atoms with van der Waals surface area (Å²) in [5, 5.41) is 8.52. The third-order valence-electron chi connectivity index (χ3n) is 3.76. The van der Waals surface area contributed by atoms with E-state index < -0.39 is 10.0 Å². The zero-order valence-electron chi connectivity index (χ0n) is 12.9. The van der Waals surface area contributed by atoms with Crippen LogP contribution in [0.2, 0.25) is 0 Å². The van der Waals surface area contributed by atoms with Gasteiger partial charge in [-0.3, -0.25) is 4.68 Å². The van der Waals surface area contributed by atoms with Gasteiger partial charge in [0.05, 0.1) is 12.2 Å². The summed E-state index contributed by atoms with van der Waals surface area (Å²) in [6.07, 6.45) is 3.05. The van der Waals surface area contributed by atoms with E-state index in [0.29, 0.717) is 12.2 Å². The Morgan fingerprint density at radius 1 is 1.41 bits per heavy atom. The van der Waals surface area contributed by atoms with Crippen LogP contribution in [0.3, 0.4) is 0 Å². The van der Waals surface area contributed by atoms with Gasteiger partial charge in [0.1, 0.15) is 5.82 Å². The first kappa shape index (κ1) is 15.2. The summed E-state index contributed by atoms with van der Waals surface area (Å²) in [5.74, 6) is 1.66. The highest BCUT2D eigenvalue weighted by Gasteiger charge is 2.30. The number of sulfonamides is 1. The molecule has 1 unspecified atom stereocenters. The topological polar surface area (TPSA) is 94.7 Å². The Hall–Kier alpha value is -1.74. The highest BCUT2D eigenvalue weighted by Crippen LogP contribution is 2.26. The molecule has 22 heavy (non-hydrogen) atoms. The van der Waals surface area contributed by atoms with E-state index in [-0.39, 0.29) is 17.0 Å². The van der Waals surface area contributed by atoms with Crippen LogP contribution in [-0.4, -0.2) is 33.0 Å². The molecule has 3 heterocycles. The average Bonchev–Trinajstić information content (AvgIpc) is 3.05. The SMILES string of the molecule is CC(C)c1nc2n(n1)CCCC2NS(=O)(=O)c1ccnn1C. The van der Waals surface area contributed by atoms with Crippen LogP contribution < -0.4 is 4.72 Å². The maximum absolute atomic E-state index is 12.5. The fraction of sp³-hybridized carbons (Fsp3) is 0.615. The lowest BCUT2D eigenvalue weighted by atomic mass is 10.1. The average molecular weight is 324 g/mol. The first-order chi connectivity index (χ1) is 10.4. The van der Waals surface area contributed by atoms with Crippen LogP contribution >= 0.6 is 0 Å². The Morgan fingerprint density at radius 2 is 2.18 bits per heavy atom. The second kappa shape index (κ2) is 5.47. The fourth-order valence-electron chi connectivity index (χ4n) is 2.60. The van der Waals surface area contributed by atoms with Gasteiger partial charge in [0.15, 0.2) is 10.9 Å². The first-order valence-corrected chi connectivity index (χ1v) is 8.82. The van der Waals surface area contributed by atoms with Crippen molar-refractivity contribution in [2.24, 2.45) is 7.05 Å². The minimum Gasteiger partial charge on any atom is -0.256 e. The second-order valence-corrected chi connectivity index (χ2v) is 7.48. The molecule has 120 valence electrons. The van der Waals surface area contributed by atoms with E-state index >= 15 is 0 Å². The van der Waals surface area contributed by atoms with Gasteiger partial charge in [0.25, 0.3) is 10.0 Å². The van der Waals surface area contributed by atoms with Gasteiger partial charge < -0.3 is 0 Å². The summed E-state index contributed by atoms with van der Waals surface area (Å²) < 4.78 is 30.9. The van der Waals surface area contributed by atoms with Crippen LogP contribution in [0.25, 0.3) is 0 Å². The molecular formula is C13H20N6O2S. The Bertz CT molecular complexity index is 776. The normalized spacial score (nSPS) is 18.6. The highest BCUT2D eigenvalue weighted by molar-refractivity contribution is 7.89. The zero-order chi connectivity index (χ0) is 15.9. The van der Waals surface area contributed by atoms with Crippen molar-refractivity contribution in [1.29, 1.82) is 0 Å². The second-order valence-electron chi connectivity index (χ2n) is 5.82. The minimum absolute atomic E-state index is 0.147. The lowest BCUT2D eigenvalue weighted by molar-refractivity contribution is 0.398. The Labute approximate surface area is 129 Å². The largest absolute Gasteiger partial charge is 0.258 e. The number of nitrogens with zero attached hydrogens (tertiary/aromatic N) is 5. The van der Waals surface area contributed by atoms with Gasteiger partial charge in [0.2, 0.25) is 0 Å². The van der Waals surface area contributed by atoms with Crippen LogP contribution in [0, 0.1) is 0 Å². The van der Waals surface area contributed by atoms with Gasteiger partial charge >= 0.3 is 0 Å². The number of hydrogen-bond donors (Lipinski definition) is 1. The number of hydrogen-bond acceptors (Lipinski definition) is 5. The van der Waals surface area contributed by atoms with E-state index in [9.17, 15) is 8.42 Å². The third kappa shape index (κ3) is 2.66. The van der Waals surface area contributed by atoms with Crippen molar-refractivity contribution in [2.45, 2.75) is 50.2 Å². The number of nitrogens with one attached hydrogen (secondary N) is 1. The molecule has 0 aliphatic carbocycles. The van der Waals surface area contributed by atoms with Crippen molar-refractivity contribution < 1.29 is 8.42 Å². The summed E-state index contributed by atoms with van der Waals surface area (Å²) in [5.41, 5.74) is 0. The molecule has 0 radical (unpaired) electrons. The van der Waals surface area contributed by atoms with Crippen LogP contribution in [0.15, 0.2) is 17.3 Å². The number of rotatable bonds is 4. The smallest absolute Gasteiger partial charge is 0.256 e. The number of aryl methyl sites for hydroxylation is 2. The summed E-state index contributed by atoms with van der Waals surface area (Å²) in [6.45, 7) is 4.82. The Morgan fingerprint density at radius 3 is 2.82 bits per heavy atom. The van der Waals surface area contributed by atoms with E-state index in [1.807, 2.05) is 18.5 Å². The van der Waals surface area contributed by atoms with Gasteiger partial charge in [0, 0.05) is 19.5 Å². The molecular weight excluding hydrogens is 304 g/mol. The lowest BCUT2D eigenvalue weighted by Gasteiger charge is -2.22. The number of fused-ring (bicyclic) bond motifs is 1. The van der Waals surface area contributed by atoms with Crippen molar-refractivity contribution in [3.8, 4) is 0 Å². The molecule has 2 aromatic heterocycles. The van der Waals surface area contributed by atoms with Crippen LogP contribution in [0.5, 0.6) is 0 Å². The number of aromatic nitrogens is 5. The van der Waals surface area contributed by atoms with Crippen molar-refractivity contribution in [1.82, 2.24) is 29.3 Å². The molecule has 0 aromatic carbocycles. The van der Waals surface area contributed by atoms with Gasteiger partial charge in [-0.15, -0.1) is 0 Å². The lowest BCUT2D eigenvalue weighted by Crippen LogP contribution is -2.34. The maximum atomic E-state index is 12.5. The van der Waals surface area contributed by atoms with E-state index in [1.54, 1.807) is 7.05 Å². The van der Waals surface area contributed by atoms with E-state index in [4.69, 9.17) is 0 Å². The molecule has 0 saturated heterocycles. The van der Waals surface area contributed by atoms with Gasteiger partial charge in [-0.2, -0.15) is 14.9 Å². The standard InChI is InChI=1S/C13H20N6O2S/c1-9(2)12-15-13-10(5-4-8-19(13)16-12)17-22(20,21)11-6-7-14-18(11)3/h6-7,9-10,17H,4-5,8H2,1-3H3. The van der Waals surface area contributed by atoms with Gasteiger partial charge in [-0.05, 0) is 18.9 Å². The molecule has 1 N–H and O–H groups in total. The molecule has 1 aliphatic rings. The molecule has 0 spiro atoms. The quantitative estimate of drug-likeness (QED) is 0.903. The van der Waals surface area contributed by atoms with E-state index in [0.717, 1.165) is 18.8 Å². The van der Waals surface area contributed by atoms with Crippen molar-refractivity contribution in [3.63, 3.8) is 0 Å². The van der Waals surface area contributed by atoms with Crippen molar-refractivity contribution in [3.05, 3.63) is 23.9 Å². The molecule has 2 aromatic rings. The molecule has 8 nitrogen and oxygen atoms in total. The zero-order valence-corrected chi connectivity index (χ0v) is 13.7. The van der Waals surface area contributed by atoms with Crippen LogP contribution in [0.1, 0.15) is 50.3 Å². The Kier molecular flexibility index (Phi) is 3.77. The molecule has 0 amide bonds. The minimum atomic E-state index is -3.63. The summed E-state index contributed by atoms with van der Waals surface area (Å²) in [6, 6.07) is 1.13. The molecule has 1 aliphatic heterocycles. The first-order valence-electron chi connectivity index (χ1n) is 7.33. The van der Waals surface area contributed by atoms with Crippen molar-refractivity contribution in [2.75, 3.05) is 0 Å². The van der Waals surface area contributed by atoms with Gasteiger partial charge in [-0.25, -0.2) is 18.1 Å². The maximum Gasteiger partial charge on any atom is 0.258 e. The molecule has 1 atom stereocenters. The van der Waals surface area contributed by atoms with Crippen LogP contribution in [-0.2, 0) is 23.6 Å². The Balaban J connectivity index is 1.90. The molecule has 0 saturated carbocycles. The predicted molar refractivity (Wildman–Crippen MR) is 79.6 cm³/mol. The summed E-state index contributed by atoms with van der Waals surface area (Å²) >= 11 is 0. The highest BCUT2D eigenvalue weighted by atomic mass is 32.2. The monoisotopic (exact) mass is 324 g/mol. The molecule has 9 heteroatoms. The summed E-state index contributed by atoms with van der Waals surface area (Å²) in [4.78, 5) is 4.52. The van der Waals surface area contributed by atoms with Crippen molar-refractivity contribution >= 4 is 10.0 Å².